The van der Waals surface area contributed by atoms with Crippen molar-refractivity contribution in [2.45, 2.75) is 59.0 Å². The molecule has 0 saturated heterocycles. The van der Waals surface area contributed by atoms with Gasteiger partial charge in [-0.05, 0) is 56.4 Å². The summed E-state index contributed by atoms with van der Waals surface area (Å²) < 4.78 is 2.27. The number of carboxylic acid groups (broad SMARTS) is 1. The summed E-state index contributed by atoms with van der Waals surface area (Å²) in [6, 6.07) is 10.7. The predicted octanol–water partition coefficient (Wildman–Crippen LogP) is 4.23. The molecule has 0 spiro atoms. The molecule has 6 heteroatoms. The van der Waals surface area contributed by atoms with Crippen molar-refractivity contribution in [3.05, 3.63) is 64.5 Å². The maximum Gasteiger partial charge on any atom is 0.303 e. The van der Waals surface area contributed by atoms with E-state index < -0.39 is 5.97 Å². The van der Waals surface area contributed by atoms with Gasteiger partial charge in [-0.15, -0.1) is 0 Å². The van der Waals surface area contributed by atoms with Gasteiger partial charge in [0.05, 0.1) is 6.54 Å². The summed E-state index contributed by atoms with van der Waals surface area (Å²) in [5, 5.41) is 9.96. The molecule has 31 heavy (non-hydrogen) atoms. The zero-order valence-electron chi connectivity index (χ0n) is 18.2. The van der Waals surface area contributed by atoms with E-state index >= 15 is 0 Å². The van der Waals surface area contributed by atoms with Crippen LogP contribution in [0.4, 0.5) is 0 Å². The molecule has 6 nitrogen and oxygen atoms in total. The average molecular weight is 420 g/mol. The van der Waals surface area contributed by atoms with Gasteiger partial charge in [-0.25, -0.2) is 4.98 Å². The Morgan fingerprint density at radius 3 is 2.58 bits per heavy atom. The van der Waals surface area contributed by atoms with Crippen LogP contribution in [0.5, 0.6) is 0 Å². The molecule has 0 aliphatic carbocycles. The highest BCUT2D eigenvalue weighted by atomic mass is 16.4. The van der Waals surface area contributed by atoms with Crippen molar-refractivity contribution in [3.63, 3.8) is 0 Å². The van der Waals surface area contributed by atoms with E-state index in [1.54, 1.807) is 0 Å². The van der Waals surface area contributed by atoms with Crippen LogP contribution in [0.25, 0.3) is 11.0 Å². The second-order valence-electron chi connectivity index (χ2n) is 8.55. The minimum absolute atomic E-state index is 0.104. The minimum Gasteiger partial charge on any atom is -0.481 e. The second kappa shape index (κ2) is 8.92. The number of fused-ring (bicyclic) bond motifs is 3. The van der Waals surface area contributed by atoms with Crippen molar-refractivity contribution in [2.24, 2.45) is 0 Å². The monoisotopic (exact) mass is 419 g/mol. The smallest absolute Gasteiger partial charge is 0.303 e. The van der Waals surface area contributed by atoms with Gasteiger partial charge < -0.3 is 14.6 Å². The molecule has 0 fully saturated rings. The van der Waals surface area contributed by atoms with Crippen LogP contribution in [0.15, 0.2) is 36.5 Å². The molecule has 0 radical (unpaired) electrons. The average Bonchev–Trinajstić information content (AvgIpc) is 3.03. The Kier molecular flexibility index (Phi) is 6.07. The number of aryl methyl sites for hydroxylation is 2. The van der Waals surface area contributed by atoms with Crippen molar-refractivity contribution in [2.75, 3.05) is 6.54 Å². The minimum atomic E-state index is -0.807. The Bertz CT molecular complexity index is 1110. The van der Waals surface area contributed by atoms with E-state index in [-0.39, 0.29) is 12.3 Å². The lowest BCUT2D eigenvalue weighted by atomic mass is 10.0. The van der Waals surface area contributed by atoms with Crippen molar-refractivity contribution in [1.29, 1.82) is 0 Å². The topological polar surface area (TPSA) is 75.4 Å². The molecule has 1 amide bonds. The normalized spacial score (nSPS) is 13.4. The first kappa shape index (κ1) is 21.1. The molecule has 1 aliphatic heterocycles. The fourth-order valence-corrected chi connectivity index (χ4v) is 4.70. The zero-order chi connectivity index (χ0) is 22.0. The third-order valence-electron chi connectivity index (χ3n) is 6.02. The van der Waals surface area contributed by atoms with Crippen LogP contribution in [0, 0.1) is 13.8 Å². The molecule has 4 rings (SSSR count). The van der Waals surface area contributed by atoms with Gasteiger partial charge in [-0.1, -0.05) is 29.3 Å². The van der Waals surface area contributed by atoms with E-state index in [0.717, 1.165) is 24.3 Å². The van der Waals surface area contributed by atoms with Gasteiger partial charge in [0.15, 0.2) is 0 Å². The molecular formula is C25H29N3O3. The Morgan fingerprint density at radius 1 is 1.10 bits per heavy atom. The summed E-state index contributed by atoms with van der Waals surface area (Å²) >= 11 is 0. The lowest BCUT2D eigenvalue weighted by molar-refractivity contribution is -0.137. The summed E-state index contributed by atoms with van der Waals surface area (Å²) in [7, 11) is 0. The van der Waals surface area contributed by atoms with Crippen LogP contribution in [-0.4, -0.2) is 38.0 Å². The van der Waals surface area contributed by atoms with Crippen LogP contribution < -0.4 is 0 Å². The Labute approximate surface area is 182 Å². The number of carboxylic acids is 1. The molecular weight excluding hydrogens is 390 g/mol. The van der Waals surface area contributed by atoms with Gasteiger partial charge >= 0.3 is 5.97 Å². The summed E-state index contributed by atoms with van der Waals surface area (Å²) in [5.74, 6) is -0.703. The molecule has 1 aromatic carbocycles. The third-order valence-corrected chi connectivity index (χ3v) is 6.02. The first-order chi connectivity index (χ1) is 14.9. The highest BCUT2D eigenvalue weighted by Gasteiger charge is 2.27. The van der Waals surface area contributed by atoms with Crippen LogP contribution >= 0.6 is 0 Å². The number of aromatic nitrogens is 2. The Balaban J connectivity index is 1.60. The van der Waals surface area contributed by atoms with E-state index in [4.69, 9.17) is 5.11 Å². The fraction of sp³-hybridized carbons (Fsp3) is 0.400. The Morgan fingerprint density at radius 2 is 1.84 bits per heavy atom. The van der Waals surface area contributed by atoms with Gasteiger partial charge in [0.1, 0.15) is 5.65 Å². The third kappa shape index (κ3) is 4.63. The second-order valence-corrected chi connectivity index (χ2v) is 8.55. The van der Waals surface area contributed by atoms with Crippen LogP contribution in [0.1, 0.15) is 53.6 Å². The molecule has 0 unspecified atom stereocenters. The van der Waals surface area contributed by atoms with Crippen LogP contribution in [-0.2, 0) is 29.1 Å². The van der Waals surface area contributed by atoms with Crippen molar-refractivity contribution >= 4 is 22.9 Å². The van der Waals surface area contributed by atoms with Gasteiger partial charge in [0.25, 0.3) is 0 Å². The number of carbonyl (C=O) groups is 2. The largest absolute Gasteiger partial charge is 0.481 e. The summed E-state index contributed by atoms with van der Waals surface area (Å²) in [5.41, 5.74) is 7.15. The van der Waals surface area contributed by atoms with E-state index in [2.05, 4.69) is 47.7 Å². The number of hydrogen-bond donors (Lipinski definition) is 1. The molecule has 0 bridgehead atoms. The van der Waals surface area contributed by atoms with E-state index in [9.17, 15) is 9.59 Å². The molecule has 162 valence electrons. The number of benzene rings is 1. The molecule has 3 aromatic rings. The highest BCUT2D eigenvalue weighted by molar-refractivity contribution is 5.84. The molecule has 3 heterocycles. The standard InChI is InChI=1S/C25H29N3O3/c1-17-12-18(2)14-19(13-17)15-28-22-16-27(23(29)7-3-4-8-24(30)31)11-9-20(22)21-6-5-10-26-25(21)28/h5-6,10,12-14H,3-4,7-9,11,15-16H2,1-2H3,(H,30,31). The highest BCUT2D eigenvalue weighted by Crippen LogP contribution is 2.31. The number of amides is 1. The molecule has 2 aromatic heterocycles. The lowest BCUT2D eigenvalue weighted by Gasteiger charge is -2.29. The first-order valence-electron chi connectivity index (χ1n) is 10.9. The van der Waals surface area contributed by atoms with Gasteiger partial charge in [-0.3, -0.25) is 9.59 Å². The van der Waals surface area contributed by atoms with E-state index in [1.165, 1.54) is 27.6 Å². The first-order valence-corrected chi connectivity index (χ1v) is 10.9. The fourth-order valence-electron chi connectivity index (χ4n) is 4.70. The van der Waals surface area contributed by atoms with E-state index in [1.807, 2.05) is 17.2 Å². The maximum atomic E-state index is 12.8. The van der Waals surface area contributed by atoms with Gasteiger partial charge in [-0.2, -0.15) is 0 Å². The number of nitrogens with zero attached hydrogens (tertiary/aromatic N) is 3. The van der Waals surface area contributed by atoms with Crippen molar-refractivity contribution < 1.29 is 14.7 Å². The van der Waals surface area contributed by atoms with Crippen molar-refractivity contribution in [3.8, 4) is 0 Å². The molecule has 1 N–H and O–H groups in total. The summed E-state index contributed by atoms with van der Waals surface area (Å²) in [6.45, 7) is 6.23. The molecule has 0 atom stereocenters. The van der Waals surface area contributed by atoms with Crippen LogP contribution in [0.3, 0.4) is 0 Å². The number of carbonyl (C=O) groups excluding carboxylic acids is 1. The lowest BCUT2D eigenvalue weighted by Crippen LogP contribution is -2.36. The van der Waals surface area contributed by atoms with Gasteiger partial charge in [0.2, 0.25) is 5.91 Å². The van der Waals surface area contributed by atoms with Gasteiger partial charge in [0, 0.05) is 43.2 Å². The van der Waals surface area contributed by atoms with Crippen molar-refractivity contribution in [1.82, 2.24) is 14.5 Å². The number of pyridine rings is 1. The quantitative estimate of drug-likeness (QED) is 0.582. The number of hydrogen-bond acceptors (Lipinski definition) is 3. The van der Waals surface area contributed by atoms with Crippen LogP contribution in [0.2, 0.25) is 0 Å². The molecule has 0 saturated carbocycles. The SMILES string of the molecule is Cc1cc(C)cc(Cn2c3c(c4cccnc42)CCN(C(=O)CCCCC(=O)O)C3)c1. The zero-order valence-corrected chi connectivity index (χ0v) is 18.2. The number of rotatable bonds is 7. The van der Waals surface area contributed by atoms with E-state index in [0.29, 0.717) is 32.4 Å². The molecule has 1 aliphatic rings. The summed E-state index contributed by atoms with van der Waals surface area (Å²) in [6.07, 6.45) is 4.32. The number of aliphatic carboxylic acids is 1. The number of unbranched alkanes of at least 4 members (excludes halogenated alkanes) is 1. The maximum absolute atomic E-state index is 12.8. The summed E-state index contributed by atoms with van der Waals surface area (Å²) in [4.78, 5) is 30.1. The predicted molar refractivity (Wildman–Crippen MR) is 120 cm³/mol. The Hall–Kier alpha value is -3.15.